The van der Waals surface area contributed by atoms with Gasteiger partial charge in [0, 0.05) is 53.7 Å². The number of benzene rings is 2. The van der Waals surface area contributed by atoms with E-state index in [2.05, 4.69) is 42.7 Å². The molecule has 2 N–H and O–H groups in total. The van der Waals surface area contributed by atoms with Gasteiger partial charge < -0.3 is 20.1 Å². The molecule has 0 radical (unpaired) electrons. The van der Waals surface area contributed by atoms with Gasteiger partial charge in [-0.15, -0.1) is 10.2 Å². The molecule has 1 saturated heterocycles. The number of likely N-dealkylation sites (N-methyl/N-ethyl adjacent to an activating group) is 1. The summed E-state index contributed by atoms with van der Waals surface area (Å²) in [6.07, 6.45) is 0.590. The third-order valence-corrected chi connectivity index (χ3v) is 7.47. The molecule has 0 aliphatic carbocycles. The number of hydrogen-bond donors (Lipinski definition) is 2. The average Bonchev–Trinajstić information content (AvgIpc) is 3.41. The van der Waals surface area contributed by atoms with E-state index in [1.807, 2.05) is 24.3 Å². The minimum Gasteiger partial charge on any atom is -0.381 e. The Morgan fingerprint density at radius 2 is 1.72 bits per heavy atom. The van der Waals surface area contributed by atoms with Gasteiger partial charge in [0.15, 0.2) is 5.82 Å². The number of rotatable bonds is 7. The van der Waals surface area contributed by atoms with Gasteiger partial charge in [-0.1, -0.05) is 24.3 Å². The van der Waals surface area contributed by atoms with Gasteiger partial charge in [-0.05, 0) is 62.3 Å². The molecule has 1 aliphatic rings. The van der Waals surface area contributed by atoms with E-state index >= 15 is 0 Å². The number of hydrogen-bond acceptors (Lipinski definition) is 8. The number of aryl methyl sites for hydroxylation is 1. The Bertz CT molecular complexity index is 1800. The van der Waals surface area contributed by atoms with Gasteiger partial charge in [-0.25, -0.2) is 4.98 Å². The molecule has 6 rings (SSSR count). The monoisotopic (exact) mass is 589 g/mol. The van der Waals surface area contributed by atoms with Crippen LogP contribution >= 0.6 is 0 Å². The molecule has 0 bridgehead atoms. The quantitative estimate of drug-likeness (QED) is 0.271. The van der Waals surface area contributed by atoms with Crippen molar-refractivity contribution in [2.75, 3.05) is 30.8 Å². The molecule has 1 atom stereocenters. The van der Waals surface area contributed by atoms with Crippen LogP contribution in [0.15, 0.2) is 71.9 Å². The van der Waals surface area contributed by atoms with Crippen molar-refractivity contribution >= 4 is 28.4 Å². The van der Waals surface area contributed by atoms with Crippen molar-refractivity contribution in [3.05, 3.63) is 77.5 Å². The first kappa shape index (κ1) is 28.3. The molecule has 1 unspecified atom stereocenters. The Kier molecular flexibility index (Phi) is 7.57. The Morgan fingerprint density at radius 1 is 1.00 bits per heavy atom. The van der Waals surface area contributed by atoms with E-state index in [1.165, 1.54) is 12.3 Å². The van der Waals surface area contributed by atoms with Crippen LogP contribution in [0.25, 0.3) is 33.5 Å². The van der Waals surface area contributed by atoms with Crippen LogP contribution in [0.4, 0.5) is 30.5 Å². The highest BCUT2D eigenvalue weighted by molar-refractivity contribution is 5.82. The summed E-state index contributed by atoms with van der Waals surface area (Å²) in [7, 11) is 3.91. The molecule has 43 heavy (non-hydrogen) atoms. The van der Waals surface area contributed by atoms with E-state index in [0.29, 0.717) is 33.1 Å². The summed E-state index contributed by atoms with van der Waals surface area (Å²) in [5, 5.41) is 14.8. The van der Waals surface area contributed by atoms with Crippen LogP contribution in [-0.4, -0.2) is 66.6 Å². The van der Waals surface area contributed by atoms with Gasteiger partial charge in [-0.3, -0.25) is 9.36 Å². The number of aromatic nitrogens is 6. The average molecular weight is 590 g/mol. The maximum Gasteiger partial charge on any atom is 0.406 e. The number of halogens is 3. The zero-order chi connectivity index (χ0) is 30.1. The first-order valence-corrected chi connectivity index (χ1v) is 13.9. The van der Waals surface area contributed by atoms with E-state index in [4.69, 9.17) is 0 Å². The van der Waals surface area contributed by atoms with Crippen molar-refractivity contribution in [1.82, 2.24) is 34.2 Å². The summed E-state index contributed by atoms with van der Waals surface area (Å²) < 4.78 is 43.4. The predicted octanol–water partition coefficient (Wildman–Crippen LogP) is 5.07. The Hall–Kier alpha value is -4.78. The molecular weight excluding hydrogens is 559 g/mol. The van der Waals surface area contributed by atoms with Crippen molar-refractivity contribution in [3.8, 4) is 22.5 Å². The second kappa shape index (κ2) is 11.5. The van der Waals surface area contributed by atoms with Gasteiger partial charge in [0.2, 0.25) is 5.95 Å². The van der Waals surface area contributed by atoms with Crippen LogP contribution in [0.5, 0.6) is 0 Å². The zero-order valence-corrected chi connectivity index (χ0v) is 23.6. The van der Waals surface area contributed by atoms with Crippen molar-refractivity contribution in [2.24, 2.45) is 7.05 Å². The fourth-order valence-corrected chi connectivity index (χ4v) is 5.39. The molecule has 0 amide bonds. The van der Waals surface area contributed by atoms with Gasteiger partial charge >= 0.3 is 6.18 Å². The summed E-state index contributed by atoms with van der Waals surface area (Å²) in [6, 6.07) is 16.3. The first-order valence-electron chi connectivity index (χ1n) is 13.9. The second-order valence-corrected chi connectivity index (χ2v) is 10.8. The lowest BCUT2D eigenvalue weighted by atomic mass is 10.0. The molecule has 222 valence electrons. The number of nitrogens with zero attached hydrogens (tertiary/aromatic N) is 7. The lowest BCUT2D eigenvalue weighted by Gasteiger charge is -2.30. The summed E-state index contributed by atoms with van der Waals surface area (Å²) in [5.41, 5.74) is 2.05. The van der Waals surface area contributed by atoms with Crippen molar-refractivity contribution in [1.29, 1.82) is 0 Å². The SMILES string of the molecule is CN1CCCC(Nc2ccc(Nc3ncc4cc(-c5ccc(-c6nncn6C)cc5)c(=O)n(CC(F)(F)F)c4n3)cc2)C1. The number of piperidine rings is 1. The fraction of sp³-hybridized carbons (Fsp3) is 0.300. The van der Waals surface area contributed by atoms with Gasteiger partial charge in [0.25, 0.3) is 5.56 Å². The third kappa shape index (κ3) is 6.36. The van der Waals surface area contributed by atoms with Crippen LogP contribution in [0.2, 0.25) is 0 Å². The van der Waals surface area contributed by atoms with Crippen molar-refractivity contribution in [2.45, 2.75) is 31.6 Å². The van der Waals surface area contributed by atoms with Crippen molar-refractivity contribution in [3.63, 3.8) is 0 Å². The molecule has 10 nitrogen and oxygen atoms in total. The lowest BCUT2D eigenvalue weighted by Crippen LogP contribution is -2.39. The number of anilines is 3. The topological polar surface area (TPSA) is 106 Å². The second-order valence-electron chi connectivity index (χ2n) is 10.8. The van der Waals surface area contributed by atoms with Gasteiger partial charge in [0.1, 0.15) is 18.5 Å². The highest BCUT2D eigenvalue weighted by Crippen LogP contribution is 2.27. The number of nitrogens with one attached hydrogen (secondary N) is 2. The third-order valence-electron chi connectivity index (χ3n) is 7.47. The van der Waals surface area contributed by atoms with Crippen LogP contribution in [0.1, 0.15) is 12.8 Å². The van der Waals surface area contributed by atoms with Crippen LogP contribution < -0.4 is 16.2 Å². The molecule has 13 heteroatoms. The minimum absolute atomic E-state index is 0.0817. The Morgan fingerprint density at radius 3 is 2.40 bits per heavy atom. The van der Waals surface area contributed by atoms with Crippen LogP contribution in [0.3, 0.4) is 0 Å². The number of fused-ring (bicyclic) bond motifs is 1. The maximum atomic E-state index is 13.7. The molecule has 4 heterocycles. The number of pyridine rings is 1. The standard InChI is InChI=1S/C30H30F3N9O/c1-40-13-3-4-24(16-40)36-22-9-11-23(12-10-22)37-29-34-15-21-14-25(28(43)42(26(21)38-29)17-30(31,32)33)19-5-7-20(8-6-19)27-39-35-18-41(27)2/h5-12,14-15,18,24,36H,3-4,13,16-17H2,1-2H3,(H,34,37,38). The predicted molar refractivity (Wildman–Crippen MR) is 159 cm³/mol. The molecule has 5 aromatic rings. The maximum absolute atomic E-state index is 13.7. The number of likely N-dealkylation sites (tertiary alicyclic amines) is 1. The first-order chi connectivity index (χ1) is 20.6. The smallest absolute Gasteiger partial charge is 0.381 e. The van der Waals surface area contributed by atoms with E-state index in [1.54, 1.807) is 42.2 Å². The lowest BCUT2D eigenvalue weighted by molar-refractivity contribution is -0.140. The summed E-state index contributed by atoms with van der Waals surface area (Å²) in [4.78, 5) is 24.4. The molecule has 1 fully saturated rings. The molecule has 2 aromatic carbocycles. The molecule has 0 saturated carbocycles. The summed E-state index contributed by atoms with van der Waals surface area (Å²) in [5.74, 6) is 0.703. The molecular formula is C30H30F3N9O. The highest BCUT2D eigenvalue weighted by atomic mass is 19.4. The Balaban J connectivity index is 1.29. The largest absolute Gasteiger partial charge is 0.406 e. The van der Waals surface area contributed by atoms with E-state index in [-0.39, 0.29) is 17.2 Å². The summed E-state index contributed by atoms with van der Waals surface area (Å²) in [6.45, 7) is 0.587. The van der Waals surface area contributed by atoms with E-state index in [0.717, 1.165) is 37.2 Å². The van der Waals surface area contributed by atoms with Crippen LogP contribution in [-0.2, 0) is 13.6 Å². The minimum atomic E-state index is -4.64. The molecule has 1 aliphatic heterocycles. The summed E-state index contributed by atoms with van der Waals surface area (Å²) >= 11 is 0. The van der Waals surface area contributed by atoms with Crippen molar-refractivity contribution < 1.29 is 13.2 Å². The van der Waals surface area contributed by atoms with Crippen LogP contribution in [0, 0.1) is 0 Å². The van der Waals surface area contributed by atoms with Gasteiger partial charge in [-0.2, -0.15) is 18.2 Å². The molecule has 3 aromatic heterocycles. The number of alkyl halides is 3. The van der Waals surface area contributed by atoms with E-state index < -0.39 is 18.3 Å². The normalized spacial score (nSPS) is 16.0. The van der Waals surface area contributed by atoms with E-state index in [9.17, 15) is 18.0 Å². The zero-order valence-electron chi connectivity index (χ0n) is 23.6. The Labute approximate surface area is 245 Å². The molecule has 0 spiro atoms. The van der Waals surface area contributed by atoms with Gasteiger partial charge in [0.05, 0.1) is 0 Å². The highest BCUT2D eigenvalue weighted by Gasteiger charge is 2.30. The fourth-order valence-electron chi connectivity index (χ4n) is 5.39.